The Morgan fingerprint density at radius 2 is 2.07 bits per heavy atom. The molecule has 2 aromatic heterocycles. The van der Waals surface area contributed by atoms with E-state index >= 15 is 0 Å². The number of nitrogens with one attached hydrogen (secondary N) is 1. The Morgan fingerprint density at radius 1 is 1.29 bits per heavy atom. The summed E-state index contributed by atoms with van der Waals surface area (Å²) in [5.41, 5.74) is 4.57. The van der Waals surface area contributed by atoms with Crippen molar-refractivity contribution < 1.29 is 9.53 Å². The highest BCUT2D eigenvalue weighted by Gasteiger charge is 2.22. The van der Waals surface area contributed by atoms with Gasteiger partial charge in [0.1, 0.15) is 16.4 Å². The van der Waals surface area contributed by atoms with Crippen LogP contribution >= 0.6 is 11.3 Å². The van der Waals surface area contributed by atoms with Gasteiger partial charge in [-0.3, -0.25) is 15.0 Å². The molecule has 28 heavy (non-hydrogen) atoms. The number of aromatic nitrogens is 2. The summed E-state index contributed by atoms with van der Waals surface area (Å²) in [7, 11) is 0. The van der Waals surface area contributed by atoms with Crippen molar-refractivity contribution in [3.63, 3.8) is 0 Å². The maximum atomic E-state index is 13.2. The van der Waals surface area contributed by atoms with Gasteiger partial charge in [0.05, 0.1) is 5.39 Å². The first-order valence-electron chi connectivity index (χ1n) is 9.63. The Kier molecular flexibility index (Phi) is 5.17. The summed E-state index contributed by atoms with van der Waals surface area (Å²) < 4.78 is 6.90. The minimum atomic E-state index is -0.384. The number of rotatable bonds is 5. The van der Waals surface area contributed by atoms with E-state index in [0.717, 1.165) is 41.6 Å². The molecule has 0 bridgehead atoms. The molecule has 0 saturated carbocycles. The molecule has 1 aromatic carbocycles. The molecule has 0 saturated heterocycles. The van der Waals surface area contributed by atoms with Gasteiger partial charge >= 0.3 is 0 Å². The van der Waals surface area contributed by atoms with E-state index in [0.29, 0.717) is 23.4 Å². The van der Waals surface area contributed by atoms with Crippen molar-refractivity contribution >= 4 is 27.5 Å². The summed E-state index contributed by atoms with van der Waals surface area (Å²) in [5.74, 6) is 0.826. The number of nitrogens with zero attached hydrogens (tertiary/aromatic N) is 2. The molecule has 7 heteroatoms. The number of benzene rings is 1. The third-order valence-corrected chi connectivity index (χ3v) is 6.25. The molecule has 0 spiro atoms. The molecule has 0 unspecified atom stereocenters. The van der Waals surface area contributed by atoms with E-state index in [9.17, 15) is 9.59 Å². The number of carbonyl (C=O) groups is 1. The molecule has 3 aromatic rings. The van der Waals surface area contributed by atoms with Gasteiger partial charge in [0.15, 0.2) is 6.61 Å². The fourth-order valence-corrected chi connectivity index (χ4v) is 4.89. The lowest BCUT2D eigenvalue weighted by atomic mass is 9.97. The van der Waals surface area contributed by atoms with Crippen molar-refractivity contribution in [1.82, 2.24) is 9.66 Å². The highest BCUT2D eigenvalue weighted by Crippen LogP contribution is 2.33. The van der Waals surface area contributed by atoms with Crippen LogP contribution in [0.3, 0.4) is 0 Å². The van der Waals surface area contributed by atoms with Crippen LogP contribution in [-0.4, -0.2) is 22.2 Å². The number of thiophene rings is 1. The number of fused-ring (bicyclic) bond motifs is 3. The molecule has 0 aliphatic heterocycles. The zero-order valence-electron chi connectivity index (χ0n) is 16.1. The van der Waals surface area contributed by atoms with Crippen LogP contribution in [0.2, 0.25) is 0 Å². The zero-order valence-corrected chi connectivity index (χ0v) is 16.9. The quantitative estimate of drug-likeness (QED) is 0.717. The SMILES string of the molecule is CCc1nc2sc3c(c2c(=O)n1NC(=O)COc1ccccc1C)CCCC3. The molecule has 1 amide bonds. The van der Waals surface area contributed by atoms with E-state index in [1.165, 1.54) is 9.55 Å². The summed E-state index contributed by atoms with van der Waals surface area (Å²) in [4.78, 5) is 32.4. The van der Waals surface area contributed by atoms with Crippen molar-refractivity contribution in [3.8, 4) is 5.75 Å². The highest BCUT2D eigenvalue weighted by atomic mass is 32.1. The third kappa shape index (κ3) is 3.42. The van der Waals surface area contributed by atoms with Gasteiger partial charge in [0.25, 0.3) is 11.5 Å². The first-order chi connectivity index (χ1) is 13.6. The monoisotopic (exact) mass is 397 g/mol. The summed E-state index contributed by atoms with van der Waals surface area (Å²) in [5, 5.41) is 0.664. The van der Waals surface area contributed by atoms with Crippen molar-refractivity contribution in [2.45, 2.75) is 46.0 Å². The molecule has 146 valence electrons. The number of carbonyl (C=O) groups excluding carboxylic acids is 1. The topological polar surface area (TPSA) is 73.2 Å². The fourth-order valence-electron chi connectivity index (χ4n) is 3.62. The Balaban J connectivity index is 1.62. The van der Waals surface area contributed by atoms with Crippen LogP contribution in [0.1, 0.15) is 41.6 Å². The highest BCUT2D eigenvalue weighted by molar-refractivity contribution is 7.18. The maximum Gasteiger partial charge on any atom is 0.281 e. The third-order valence-electron chi connectivity index (χ3n) is 5.06. The average molecular weight is 398 g/mol. The second kappa shape index (κ2) is 7.75. The smallest absolute Gasteiger partial charge is 0.281 e. The van der Waals surface area contributed by atoms with Crippen LogP contribution in [0.4, 0.5) is 0 Å². The minimum Gasteiger partial charge on any atom is -0.483 e. The van der Waals surface area contributed by atoms with Crippen LogP contribution in [0.15, 0.2) is 29.1 Å². The lowest BCUT2D eigenvalue weighted by Gasteiger charge is -2.14. The first kappa shape index (κ1) is 18.7. The van der Waals surface area contributed by atoms with E-state index in [4.69, 9.17) is 4.74 Å². The van der Waals surface area contributed by atoms with Crippen LogP contribution in [0.5, 0.6) is 5.75 Å². The fraction of sp³-hybridized carbons (Fsp3) is 0.381. The number of aryl methyl sites for hydroxylation is 4. The van der Waals surface area contributed by atoms with Gasteiger partial charge < -0.3 is 4.74 Å². The second-order valence-electron chi connectivity index (χ2n) is 7.00. The predicted molar refractivity (Wildman–Crippen MR) is 111 cm³/mol. The Hall–Kier alpha value is -2.67. The second-order valence-corrected chi connectivity index (χ2v) is 8.09. The van der Waals surface area contributed by atoms with Crippen LogP contribution in [0.25, 0.3) is 10.2 Å². The van der Waals surface area contributed by atoms with E-state index in [1.807, 2.05) is 38.1 Å². The molecule has 6 nitrogen and oxygen atoms in total. The normalized spacial score (nSPS) is 13.4. The number of para-hydroxylation sites is 1. The molecule has 0 fully saturated rings. The summed E-state index contributed by atoms with van der Waals surface area (Å²) >= 11 is 1.62. The maximum absolute atomic E-state index is 13.2. The van der Waals surface area contributed by atoms with Crippen molar-refractivity contribution in [2.24, 2.45) is 0 Å². The number of hydrogen-bond donors (Lipinski definition) is 1. The zero-order chi connectivity index (χ0) is 19.7. The molecule has 1 aliphatic rings. The van der Waals surface area contributed by atoms with Gasteiger partial charge in [-0.2, -0.15) is 0 Å². The Labute approximate surface area is 167 Å². The van der Waals surface area contributed by atoms with E-state index in [1.54, 1.807) is 11.3 Å². The van der Waals surface area contributed by atoms with Crippen LogP contribution in [0, 0.1) is 6.92 Å². The molecule has 4 rings (SSSR count). The largest absolute Gasteiger partial charge is 0.483 e. The summed E-state index contributed by atoms with van der Waals surface area (Å²) in [6.07, 6.45) is 4.70. The number of ether oxygens (including phenoxy) is 1. The van der Waals surface area contributed by atoms with Gasteiger partial charge in [-0.1, -0.05) is 25.1 Å². The molecule has 1 aliphatic carbocycles. The number of hydrogen-bond acceptors (Lipinski definition) is 5. The standard InChI is InChI=1S/C21H23N3O3S/c1-3-17-22-20-19(14-9-5-7-11-16(14)28-20)21(26)24(17)23-18(25)12-27-15-10-6-4-8-13(15)2/h4,6,8,10H,3,5,7,9,11-12H2,1-2H3,(H,23,25). The van der Waals surface area contributed by atoms with Gasteiger partial charge in [-0.15, -0.1) is 11.3 Å². The van der Waals surface area contributed by atoms with Crippen molar-refractivity contribution in [1.29, 1.82) is 0 Å². The van der Waals surface area contributed by atoms with Gasteiger partial charge in [-0.05, 0) is 49.8 Å². The van der Waals surface area contributed by atoms with E-state index in [2.05, 4.69) is 10.4 Å². The minimum absolute atomic E-state index is 0.166. The van der Waals surface area contributed by atoms with Crippen LogP contribution < -0.4 is 15.7 Å². The van der Waals surface area contributed by atoms with Crippen molar-refractivity contribution in [3.05, 3.63) is 56.4 Å². The van der Waals surface area contributed by atoms with Gasteiger partial charge in [0.2, 0.25) is 0 Å². The Morgan fingerprint density at radius 3 is 2.86 bits per heavy atom. The summed E-state index contributed by atoms with van der Waals surface area (Å²) in [6.45, 7) is 3.68. The molecular formula is C21H23N3O3S. The van der Waals surface area contributed by atoms with Gasteiger partial charge in [0, 0.05) is 11.3 Å². The van der Waals surface area contributed by atoms with Crippen LogP contribution in [-0.2, 0) is 24.1 Å². The lowest BCUT2D eigenvalue weighted by molar-refractivity contribution is -0.119. The first-order valence-corrected chi connectivity index (χ1v) is 10.4. The Bertz CT molecular complexity index is 1100. The predicted octanol–water partition coefficient (Wildman–Crippen LogP) is 3.36. The molecule has 0 atom stereocenters. The molecular weight excluding hydrogens is 374 g/mol. The van der Waals surface area contributed by atoms with E-state index in [-0.39, 0.29) is 18.1 Å². The number of amides is 1. The van der Waals surface area contributed by atoms with E-state index < -0.39 is 0 Å². The lowest BCUT2D eigenvalue weighted by Crippen LogP contribution is -2.38. The van der Waals surface area contributed by atoms with Crippen molar-refractivity contribution in [2.75, 3.05) is 12.0 Å². The summed E-state index contributed by atoms with van der Waals surface area (Å²) in [6, 6.07) is 7.51. The van der Waals surface area contributed by atoms with Gasteiger partial charge in [-0.25, -0.2) is 9.66 Å². The molecule has 0 radical (unpaired) electrons. The molecule has 1 N–H and O–H groups in total. The molecule has 2 heterocycles. The average Bonchev–Trinajstić information content (AvgIpc) is 3.08.